The van der Waals surface area contributed by atoms with Gasteiger partial charge in [-0.25, -0.2) is 19.9 Å². The number of nitrogens with one attached hydrogen (secondary N) is 2. The molecule has 1 aliphatic rings. The van der Waals surface area contributed by atoms with Crippen LogP contribution in [-0.4, -0.2) is 51.0 Å². The van der Waals surface area contributed by atoms with E-state index in [0.717, 1.165) is 30.5 Å². The molecule has 0 saturated carbocycles. The second-order valence-corrected chi connectivity index (χ2v) is 7.89. The monoisotopic (exact) mass is 536 g/mol. The first-order valence-corrected chi connectivity index (χ1v) is 11.0. The van der Waals surface area contributed by atoms with Crippen LogP contribution >= 0.6 is 0 Å². The molecule has 198 valence electrons. The minimum atomic E-state index is -4.80. The largest absolute Gasteiger partial charge is 0.416 e. The van der Waals surface area contributed by atoms with E-state index in [1.807, 2.05) is 0 Å². The van der Waals surface area contributed by atoms with E-state index in [1.165, 1.54) is 24.4 Å². The normalized spacial score (nSPS) is 14.3. The first-order valence-electron chi connectivity index (χ1n) is 11.0. The number of nitrogens with zero attached hydrogens (tertiary/aromatic N) is 4. The van der Waals surface area contributed by atoms with E-state index < -0.39 is 41.5 Å². The van der Waals surface area contributed by atoms with Gasteiger partial charge in [0.15, 0.2) is 5.65 Å². The van der Waals surface area contributed by atoms with Crippen LogP contribution in [0.2, 0.25) is 0 Å². The van der Waals surface area contributed by atoms with Crippen molar-refractivity contribution in [2.24, 2.45) is 4.99 Å². The summed E-state index contributed by atoms with van der Waals surface area (Å²) in [4.78, 5) is 28.7. The number of allylic oxidation sites excluding steroid dienone is 2. The SMILES string of the molecule is O=C(NCCO)C1=NC(c2cnc3c(Nc4ccc(C(F)(F)F)cc4)ccnc3n2)=C(C(F)(F)F)CC=C1. The Kier molecular flexibility index (Phi) is 7.44. The fourth-order valence-electron chi connectivity index (χ4n) is 3.49. The molecule has 3 heterocycles. The van der Waals surface area contributed by atoms with Crippen molar-refractivity contribution in [2.75, 3.05) is 18.5 Å². The Balaban J connectivity index is 1.73. The lowest BCUT2D eigenvalue weighted by Crippen LogP contribution is -2.32. The number of halogens is 6. The lowest BCUT2D eigenvalue weighted by atomic mass is 10.1. The number of carbonyl (C=O) groups excluding carboxylic acids is 1. The topological polar surface area (TPSA) is 112 Å². The Morgan fingerprint density at radius 2 is 1.74 bits per heavy atom. The zero-order chi connectivity index (χ0) is 27.5. The number of rotatable bonds is 6. The van der Waals surface area contributed by atoms with Gasteiger partial charge < -0.3 is 15.7 Å². The van der Waals surface area contributed by atoms with Gasteiger partial charge in [-0.2, -0.15) is 26.3 Å². The van der Waals surface area contributed by atoms with Crippen LogP contribution in [0.5, 0.6) is 0 Å². The number of hydrogen-bond acceptors (Lipinski definition) is 7. The molecule has 3 N–H and O–H groups in total. The summed E-state index contributed by atoms with van der Waals surface area (Å²) in [6, 6.07) is 5.70. The molecule has 0 fully saturated rings. The standard InChI is InChI=1S/C24H18F6N6O2/c25-23(26,27)13-4-6-14(7-5-13)34-16-8-9-31-21-20(16)33-12-18(36-21)19-15(24(28,29)30)2-1-3-17(35-19)22(38)32-10-11-37/h1,3-9,12,37H,2,10-11H2,(H,32,38)(H,31,34,36). The number of alkyl halides is 6. The molecular weight excluding hydrogens is 518 g/mol. The zero-order valence-corrected chi connectivity index (χ0v) is 19.2. The molecule has 1 amide bonds. The number of amides is 1. The Hall–Kier alpha value is -4.33. The molecule has 4 rings (SSSR count). The maximum Gasteiger partial charge on any atom is 0.416 e. The second kappa shape index (κ2) is 10.6. The Bertz CT molecular complexity index is 1450. The fourth-order valence-corrected chi connectivity index (χ4v) is 3.49. The first-order chi connectivity index (χ1) is 18.0. The summed E-state index contributed by atoms with van der Waals surface area (Å²) in [5.74, 6) is -0.786. The first kappa shape index (κ1) is 26.7. The predicted octanol–water partition coefficient (Wildman–Crippen LogP) is 4.57. The summed E-state index contributed by atoms with van der Waals surface area (Å²) in [6.07, 6.45) is -5.24. The van der Waals surface area contributed by atoms with Gasteiger partial charge >= 0.3 is 12.4 Å². The van der Waals surface area contributed by atoms with Crippen molar-refractivity contribution in [3.05, 3.63) is 71.7 Å². The summed E-state index contributed by atoms with van der Waals surface area (Å²) in [5, 5.41) is 14.1. The molecule has 0 aliphatic carbocycles. The van der Waals surface area contributed by atoms with E-state index in [0.29, 0.717) is 11.4 Å². The number of aliphatic hydroxyl groups is 1. The van der Waals surface area contributed by atoms with Crippen molar-refractivity contribution in [2.45, 2.75) is 18.8 Å². The zero-order valence-electron chi connectivity index (χ0n) is 19.2. The maximum atomic E-state index is 13.9. The van der Waals surface area contributed by atoms with Gasteiger partial charge in [0.1, 0.15) is 16.9 Å². The molecule has 2 aromatic heterocycles. The summed E-state index contributed by atoms with van der Waals surface area (Å²) < 4.78 is 80.1. The number of fused-ring (bicyclic) bond motifs is 1. The minimum absolute atomic E-state index is 0.0628. The van der Waals surface area contributed by atoms with Crippen LogP contribution < -0.4 is 10.6 Å². The van der Waals surface area contributed by atoms with Crippen molar-refractivity contribution >= 4 is 39.9 Å². The molecule has 8 nitrogen and oxygen atoms in total. The average molecular weight is 536 g/mol. The number of hydrogen-bond donors (Lipinski definition) is 3. The van der Waals surface area contributed by atoms with Crippen molar-refractivity contribution < 1.29 is 36.2 Å². The number of carbonyl (C=O) groups is 1. The number of aliphatic hydroxyl groups excluding tert-OH is 1. The summed E-state index contributed by atoms with van der Waals surface area (Å²) >= 11 is 0. The van der Waals surface area contributed by atoms with Crippen molar-refractivity contribution in [1.82, 2.24) is 20.3 Å². The van der Waals surface area contributed by atoms with Crippen molar-refractivity contribution in [3.8, 4) is 0 Å². The number of benzene rings is 1. The van der Waals surface area contributed by atoms with Crippen LogP contribution in [0.1, 0.15) is 17.7 Å². The third-order valence-electron chi connectivity index (χ3n) is 5.27. The highest BCUT2D eigenvalue weighted by Crippen LogP contribution is 2.37. The highest BCUT2D eigenvalue weighted by molar-refractivity contribution is 6.44. The van der Waals surface area contributed by atoms with Gasteiger partial charge in [-0.1, -0.05) is 6.08 Å². The molecule has 38 heavy (non-hydrogen) atoms. The van der Waals surface area contributed by atoms with Gasteiger partial charge in [-0.3, -0.25) is 4.79 Å². The summed E-state index contributed by atoms with van der Waals surface area (Å²) in [6.45, 7) is -0.491. The molecule has 0 spiro atoms. The highest BCUT2D eigenvalue weighted by Gasteiger charge is 2.37. The third kappa shape index (κ3) is 5.96. The quantitative estimate of drug-likeness (QED) is 0.398. The van der Waals surface area contributed by atoms with Crippen LogP contribution in [0.4, 0.5) is 37.7 Å². The van der Waals surface area contributed by atoms with Gasteiger partial charge in [0.2, 0.25) is 0 Å². The van der Waals surface area contributed by atoms with E-state index in [2.05, 4.69) is 30.6 Å². The van der Waals surface area contributed by atoms with E-state index in [-0.39, 0.29) is 35.7 Å². The Labute approximate surface area is 210 Å². The van der Waals surface area contributed by atoms with Crippen molar-refractivity contribution in [1.29, 1.82) is 0 Å². The number of aromatic nitrogens is 3. The Morgan fingerprint density at radius 1 is 1.00 bits per heavy atom. The molecule has 0 atom stereocenters. The molecule has 0 bridgehead atoms. The van der Waals surface area contributed by atoms with Gasteiger partial charge in [-0.05, 0) is 42.8 Å². The molecule has 0 saturated heterocycles. The summed E-state index contributed by atoms with van der Waals surface area (Å²) in [7, 11) is 0. The molecular formula is C24H18F6N6O2. The van der Waals surface area contributed by atoms with E-state index in [4.69, 9.17) is 5.11 Å². The highest BCUT2D eigenvalue weighted by atomic mass is 19.4. The van der Waals surface area contributed by atoms with Gasteiger partial charge in [-0.15, -0.1) is 0 Å². The second-order valence-electron chi connectivity index (χ2n) is 7.89. The minimum Gasteiger partial charge on any atom is -0.395 e. The number of anilines is 2. The van der Waals surface area contributed by atoms with E-state index in [1.54, 1.807) is 0 Å². The van der Waals surface area contributed by atoms with E-state index in [9.17, 15) is 31.1 Å². The maximum absolute atomic E-state index is 13.9. The summed E-state index contributed by atoms with van der Waals surface area (Å²) in [5.41, 5.74) is -2.43. The van der Waals surface area contributed by atoms with Gasteiger partial charge in [0.05, 0.1) is 35.3 Å². The number of aliphatic imine (C=N–C) groups is 1. The fraction of sp³-hybridized carbons (Fsp3) is 0.208. The Morgan fingerprint density at radius 3 is 2.39 bits per heavy atom. The molecule has 1 aliphatic heterocycles. The molecule has 0 radical (unpaired) electrons. The van der Waals surface area contributed by atoms with Crippen LogP contribution in [0, 0.1) is 0 Å². The van der Waals surface area contributed by atoms with Crippen LogP contribution in [0.15, 0.2) is 65.4 Å². The van der Waals surface area contributed by atoms with Crippen molar-refractivity contribution in [3.63, 3.8) is 0 Å². The third-order valence-corrected chi connectivity index (χ3v) is 5.27. The van der Waals surface area contributed by atoms with Crippen LogP contribution in [0.3, 0.4) is 0 Å². The molecule has 14 heteroatoms. The lowest BCUT2D eigenvalue weighted by molar-refractivity contribution is -0.137. The molecule has 3 aromatic rings. The van der Waals surface area contributed by atoms with Gasteiger partial charge in [0.25, 0.3) is 5.91 Å². The molecule has 0 unspecified atom stereocenters. The number of pyridine rings is 1. The van der Waals surface area contributed by atoms with Crippen LogP contribution in [0.25, 0.3) is 16.9 Å². The smallest absolute Gasteiger partial charge is 0.395 e. The van der Waals surface area contributed by atoms with Crippen LogP contribution in [-0.2, 0) is 11.0 Å². The average Bonchev–Trinajstić information content (AvgIpc) is 3.11. The van der Waals surface area contributed by atoms with Gasteiger partial charge in [0, 0.05) is 18.4 Å². The lowest BCUT2D eigenvalue weighted by Gasteiger charge is -2.14. The molecule has 1 aromatic carbocycles. The van der Waals surface area contributed by atoms with E-state index >= 15 is 0 Å². The predicted molar refractivity (Wildman–Crippen MR) is 126 cm³/mol.